The fourth-order valence-electron chi connectivity index (χ4n) is 1.65. The van der Waals surface area contributed by atoms with Gasteiger partial charge in [-0.3, -0.25) is 4.72 Å². The number of halogens is 1. The first-order valence-electron chi connectivity index (χ1n) is 5.78. The average Bonchev–Trinajstić information content (AvgIpc) is 2.39. The third-order valence-corrected chi connectivity index (χ3v) is 4.33. The maximum Gasteiger partial charge on any atom is 0.261 e. The van der Waals surface area contributed by atoms with Gasteiger partial charge in [-0.15, -0.1) is 6.42 Å². The number of benzene rings is 2. The van der Waals surface area contributed by atoms with Gasteiger partial charge in [-0.2, -0.15) is 0 Å². The lowest BCUT2D eigenvalue weighted by molar-refractivity contribution is 0.601. The number of sulfonamides is 1. The van der Waals surface area contributed by atoms with Crippen LogP contribution in [-0.2, 0) is 10.0 Å². The van der Waals surface area contributed by atoms with Crippen molar-refractivity contribution in [1.82, 2.24) is 0 Å². The molecule has 2 aromatic rings. The Morgan fingerprint density at radius 2 is 1.80 bits per heavy atom. The van der Waals surface area contributed by atoms with Gasteiger partial charge in [0.25, 0.3) is 10.0 Å². The fourth-order valence-corrected chi connectivity index (χ4v) is 2.89. The van der Waals surface area contributed by atoms with Crippen molar-refractivity contribution in [1.29, 1.82) is 0 Å². The maximum absolute atomic E-state index is 12.3. The monoisotopic (exact) mass is 305 g/mol. The third kappa shape index (κ3) is 3.13. The molecule has 2 rings (SSSR count). The van der Waals surface area contributed by atoms with Crippen LogP contribution in [0.1, 0.15) is 11.1 Å². The van der Waals surface area contributed by atoms with Crippen molar-refractivity contribution >= 4 is 27.3 Å². The van der Waals surface area contributed by atoms with Gasteiger partial charge in [0, 0.05) is 10.6 Å². The fraction of sp³-hybridized carbons (Fsp3) is 0.0667. The van der Waals surface area contributed by atoms with Crippen LogP contribution in [0.2, 0.25) is 5.02 Å². The van der Waals surface area contributed by atoms with Crippen LogP contribution in [0.3, 0.4) is 0 Å². The Hall–Kier alpha value is -1.96. The van der Waals surface area contributed by atoms with Gasteiger partial charge in [0.15, 0.2) is 0 Å². The minimum absolute atomic E-state index is 0.172. The molecule has 3 nitrogen and oxygen atoms in total. The number of aryl methyl sites for hydroxylation is 1. The Balaban J connectivity index is 2.41. The minimum Gasteiger partial charge on any atom is -0.278 e. The van der Waals surface area contributed by atoms with Crippen molar-refractivity contribution in [3.05, 3.63) is 58.6 Å². The van der Waals surface area contributed by atoms with Crippen LogP contribution in [0.4, 0.5) is 5.69 Å². The summed E-state index contributed by atoms with van der Waals surface area (Å²) < 4.78 is 27.0. The molecule has 0 fully saturated rings. The molecular formula is C15H12ClNO2S. The van der Waals surface area contributed by atoms with Gasteiger partial charge in [0.1, 0.15) is 0 Å². The smallest absolute Gasteiger partial charge is 0.261 e. The van der Waals surface area contributed by atoms with Gasteiger partial charge in [-0.05, 0) is 37.3 Å². The predicted molar refractivity (Wildman–Crippen MR) is 81.4 cm³/mol. The summed E-state index contributed by atoms with van der Waals surface area (Å²) in [6.45, 7) is 1.89. The lowest BCUT2D eigenvalue weighted by atomic mass is 10.2. The largest absolute Gasteiger partial charge is 0.278 e. The van der Waals surface area contributed by atoms with Crippen LogP contribution in [0.25, 0.3) is 0 Å². The molecule has 1 N–H and O–H groups in total. The second kappa shape index (κ2) is 5.58. The lowest BCUT2D eigenvalue weighted by Crippen LogP contribution is -2.13. The van der Waals surface area contributed by atoms with Crippen molar-refractivity contribution in [3.8, 4) is 12.3 Å². The molecule has 0 unspecified atom stereocenters. The van der Waals surface area contributed by atoms with Crippen LogP contribution in [-0.4, -0.2) is 8.42 Å². The summed E-state index contributed by atoms with van der Waals surface area (Å²) in [6, 6.07) is 11.2. The molecule has 20 heavy (non-hydrogen) atoms. The topological polar surface area (TPSA) is 46.2 Å². The van der Waals surface area contributed by atoms with E-state index in [1.165, 1.54) is 18.2 Å². The second-order valence-electron chi connectivity index (χ2n) is 4.25. The minimum atomic E-state index is -3.68. The van der Waals surface area contributed by atoms with E-state index in [-0.39, 0.29) is 4.90 Å². The van der Waals surface area contributed by atoms with Crippen LogP contribution < -0.4 is 4.72 Å². The average molecular weight is 306 g/mol. The molecule has 0 saturated carbocycles. The molecule has 0 aliphatic rings. The van der Waals surface area contributed by atoms with Crippen molar-refractivity contribution in [2.45, 2.75) is 11.8 Å². The molecule has 0 heterocycles. The van der Waals surface area contributed by atoms with Gasteiger partial charge >= 0.3 is 0 Å². The highest BCUT2D eigenvalue weighted by molar-refractivity contribution is 7.92. The zero-order valence-corrected chi connectivity index (χ0v) is 12.3. The molecule has 0 saturated heterocycles. The second-order valence-corrected chi connectivity index (χ2v) is 6.37. The van der Waals surface area contributed by atoms with Gasteiger partial charge in [-0.25, -0.2) is 8.42 Å². The number of anilines is 1. The molecule has 0 amide bonds. The van der Waals surface area contributed by atoms with Crippen LogP contribution in [0, 0.1) is 19.3 Å². The summed E-state index contributed by atoms with van der Waals surface area (Å²) in [5.41, 5.74) is 1.71. The van der Waals surface area contributed by atoms with E-state index in [9.17, 15) is 8.42 Å². The number of hydrogen-bond donors (Lipinski definition) is 1. The van der Waals surface area contributed by atoms with E-state index in [0.29, 0.717) is 16.3 Å². The van der Waals surface area contributed by atoms with Gasteiger partial charge in [-0.1, -0.05) is 35.2 Å². The van der Waals surface area contributed by atoms with Crippen molar-refractivity contribution in [3.63, 3.8) is 0 Å². The summed E-state index contributed by atoms with van der Waals surface area (Å²) in [4.78, 5) is 0.172. The van der Waals surface area contributed by atoms with Crippen LogP contribution in [0.15, 0.2) is 47.4 Å². The van der Waals surface area contributed by atoms with Crippen molar-refractivity contribution in [2.24, 2.45) is 0 Å². The number of nitrogens with one attached hydrogen (secondary N) is 1. The number of rotatable bonds is 3. The summed E-state index contributed by atoms with van der Waals surface area (Å²) in [5.74, 6) is 2.42. The van der Waals surface area contributed by atoms with E-state index in [1.54, 1.807) is 24.3 Å². The van der Waals surface area contributed by atoms with Gasteiger partial charge in [0.2, 0.25) is 0 Å². The maximum atomic E-state index is 12.3. The zero-order valence-electron chi connectivity index (χ0n) is 10.7. The van der Waals surface area contributed by atoms with Crippen molar-refractivity contribution < 1.29 is 8.42 Å². The van der Waals surface area contributed by atoms with E-state index >= 15 is 0 Å². The lowest BCUT2D eigenvalue weighted by Gasteiger charge is -2.10. The third-order valence-electron chi connectivity index (χ3n) is 2.71. The molecular weight excluding hydrogens is 294 g/mol. The van der Waals surface area contributed by atoms with E-state index in [1.807, 2.05) is 6.92 Å². The Bertz CT molecular complexity index is 775. The molecule has 102 valence electrons. The molecule has 0 aliphatic heterocycles. The molecule has 0 spiro atoms. The molecule has 0 aromatic heterocycles. The molecule has 0 radical (unpaired) electrons. The van der Waals surface area contributed by atoms with Crippen LogP contribution in [0.5, 0.6) is 0 Å². The molecule has 0 bridgehead atoms. The Kier molecular flexibility index (Phi) is 4.03. The highest BCUT2D eigenvalue weighted by Gasteiger charge is 2.15. The summed E-state index contributed by atoms with van der Waals surface area (Å²) >= 11 is 5.87. The molecule has 0 atom stereocenters. The molecule has 0 aliphatic carbocycles. The van der Waals surface area contributed by atoms with E-state index in [4.69, 9.17) is 18.0 Å². The Morgan fingerprint density at radius 3 is 2.40 bits per heavy atom. The first-order valence-corrected chi connectivity index (χ1v) is 7.64. The summed E-state index contributed by atoms with van der Waals surface area (Å²) in [5, 5.41) is 0.408. The van der Waals surface area contributed by atoms with E-state index in [0.717, 1.165) is 5.56 Å². The van der Waals surface area contributed by atoms with E-state index in [2.05, 4.69) is 10.6 Å². The highest BCUT2D eigenvalue weighted by Crippen LogP contribution is 2.23. The van der Waals surface area contributed by atoms with Gasteiger partial charge in [0.05, 0.1) is 10.6 Å². The standard InChI is InChI=1S/C15H12ClNO2S/c1-3-12-6-7-13(16)10-15(12)17-20(18,19)14-8-4-11(2)5-9-14/h1,4-10,17H,2H3. The SMILES string of the molecule is C#Cc1ccc(Cl)cc1NS(=O)(=O)c1ccc(C)cc1. The summed E-state index contributed by atoms with van der Waals surface area (Å²) in [7, 11) is -3.68. The number of hydrogen-bond acceptors (Lipinski definition) is 2. The molecule has 5 heteroatoms. The van der Waals surface area contributed by atoms with E-state index < -0.39 is 10.0 Å². The normalized spacial score (nSPS) is 10.8. The first-order chi connectivity index (χ1) is 9.42. The molecule has 2 aromatic carbocycles. The quantitative estimate of drug-likeness (QED) is 0.883. The predicted octanol–water partition coefficient (Wildman–Crippen LogP) is 3.43. The van der Waals surface area contributed by atoms with Crippen LogP contribution >= 0.6 is 11.6 Å². The highest BCUT2D eigenvalue weighted by atomic mass is 35.5. The Morgan fingerprint density at radius 1 is 1.15 bits per heavy atom. The van der Waals surface area contributed by atoms with Crippen molar-refractivity contribution in [2.75, 3.05) is 4.72 Å². The van der Waals surface area contributed by atoms with Gasteiger partial charge < -0.3 is 0 Å². The first kappa shape index (κ1) is 14.4. The number of terminal acetylenes is 1. The summed E-state index contributed by atoms with van der Waals surface area (Å²) in [6.07, 6.45) is 5.35. The Labute approximate surface area is 123 Å². The zero-order chi connectivity index (χ0) is 14.8.